The van der Waals surface area contributed by atoms with E-state index < -0.39 is 6.04 Å². The Morgan fingerprint density at radius 1 is 1.47 bits per heavy atom. The Kier molecular flexibility index (Phi) is 3.08. The van der Waals surface area contributed by atoms with Crippen molar-refractivity contribution in [1.29, 1.82) is 0 Å². The Hall–Kier alpha value is -1.73. The third kappa shape index (κ3) is 2.15. The van der Waals surface area contributed by atoms with E-state index in [4.69, 9.17) is 11.6 Å². The quantitative estimate of drug-likeness (QED) is 0.855. The van der Waals surface area contributed by atoms with Gasteiger partial charge in [-0.15, -0.1) is 5.10 Å². The Morgan fingerprint density at radius 3 is 3.00 bits per heavy atom. The molecule has 0 radical (unpaired) electrons. The number of imide groups is 1. The molecular formula is C11H9ClN4O2S. The van der Waals surface area contributed by atoms with Gasteiger partial charge in [0.15, 0.2) is 5.15 Å². The number of hydrogen-bond donors (Lipinski definition) is 1. The Bertz CT molecular complexity index is 637. The van der Waals surface area contributed by atoms with Gasteiger partial charge in [-0.2, -0.15) is 11.3 Å². The first-order valence-corrected chi connectivity index (χ1v) is 6.96. The van der Waals surface area contributed by atoms with Crippen LogP contribution in [0.2, 0.25) is 5.15 Å². The number of carbonyl (C=O) groups is 2. The van der Waals surface area contributed by atoms with Crippen LogP contribution in [0.4, 0.5) is 0 Å². The van der Waals surface area contributed by atoms with Crippen LogP contribution in [0, 0.1) is 0 Å². The molecule has 98 valence electrons. The molecule has 1 fully saturated rings. The summed E-state index contributed by atoms with van der Waals surface area (Å²) in [6, 6.07) is 1.31. The van der Waals surface area contributed by atoms with Crippen LogP contribution in [0.5, 0.6) is 0 Å². The first-order chi connectivity index (χ1) is 9.16. The van der Waals surface area contributed by atoms with Crippen molar-refractivity contribution in [2.75, 3.05) is 0 Å². The van der Waals surface area contributed by atoms with Gasteiger partial charge in [0.2, 0.25) is 5.91 Å². The summed E-state index contributed by atoms with van der Waals surface area (Å²) in [6.07, 6.45) is 0.664. The van der Waals surface area contributed by atoms with Crippen LogP contribution >= 0.6 is 22.9 Å². The molecular weight excluding hydrogens is 288 g/mol. The zero-order valence-electron chi connectivity index (χ0n) is 9.67. The summed E-state index contributed by atoms with van der Waals surface area (Å²) in [5.41, 5.74) is 1.42. The normalized spacial score (nSPS) is 19.5. The van der Waals surface area contributed by atoms with E-state index >= 15 is 0 Å². The molecule has 1 N–H and O–H groups in total. The van der Waals surface area contributed by atoms with Crippen LogP contribution in [0.3, 0.4) is 0 Å². The van der Waals surface area contributed by atoms with Crippen molar-refractivity contribution in [3.8, 4) is 11.3 Å². The van der Waals surface area contributed by atoms with Gasteiger partial charge in [0.1, 0.15) is 11.7 Å². The molecule has 0 bridgehead atoms. The molecule has 3 rings (SSSR count). The van der Waals surface area contributed by atoms with Crippen molar-refractivity contribution in [1.82, 2.24) is 20.3 Å². The molecule has 2 aromatic rings. The summed E-state index contributed by atoms with van der Waals surface area (Å²) in [5.74, 6) is -0.657. The summed E-state index contributed by atoms with van der Waals surface area (Å²) in [6.45, 7) is 0. The summed E-state index contributed by atoms with van der Waals surface area (Å²) < 4.78 is 1.37. The molecule has 1 atom stereocenters. The standard InChI is InChI=1S/C11H9ClN4O2S/c12-10-9(6-3-4-19-5-6)14-15-16(10)7-1-2-8(17)13-11(7)18/h3-5,7H,1-2H2,(H,13,17,18). The van der Waals surface area contributed by atoms with Gasteiger partial charge in [-0.1, -0.05) is 16.8 Å². The lowest BCUT2D eigenvalue weighted by atomic mass is 10.1. The molecule has 1 aliphatic rings. The van der Waals surface area contributed by atoms with E-state index in [1.807, 2.05) is 16.8 Å². The maximum atomic E-state index is 11.8. The number of rotatable bonds is 2. The number of nitrogens with zero attached hydrogens (tertiary/aromatic N) is 3. The van der Waals surface area contributed by atoms with Gasteiger partial charge < -0.3 is 0 Å². The summed E-state index contributed by atoms with van der Waals surface area (Å²) in [5, 5.41) is 14.4. The molecule has 1 aliphatic heterocycles. The fourth-order valence-electron chi connectivity index (χ4n) is 1.97. The number of aromatic nitrogens is 3. The topological polar surface area (TPSA) is 76.9 Å². The number of amides is 2. The van der Waals surface area contributed by atoms with Crippen LogP contribution in [-0.2, 0) is 9.59 Å². The van der Waals surface area contributed by atoms with Crippen molar-refractivity contribution < 1.29 is 9.59 Å². The molecule has 0 aromatic carbocycles. The summed E-state index contributed by atoms with van der Waals surface area (Å²) >= 11 is 7.76. The number of nitrogens with one attached hydrogen (secondary N) is 1. The molecule has 3 heterocycles. The zero-order valence-corrected chi connectivity index (χ0v) is 11.2. The minimum absolute atomic E-state index is 0.268. The van der Waals surface area contributed by atoms with E-state index in [0.29, 0.717) is 17.3 Å². The SMILES string of the molecule is O=C1CCC(n2nnc(-c3ccsc3)c2Cl)C(=O)N1. The van der Waals surface area contributed by atoms with Crippen LogP contribution in [0.15, 0.2) is 16.8 Å². The minimum atomic E-state index is -0.579. The van der Waals surface area contributed by atoms with Crippen LogP contribution in [-0.4, -0.2) is 26.8 Å². The number of piperidine rings is 1. The molecule has 0 saturated carbocycles. The molecule has 1 saturated heterocycles. The van der Waals surface area contributed by atoms with Gasteiger partial charge in [0, 0.05) is 17.4 Å². The molecule has 19 heavy (non-hydrogen) atoms. The maximum absolute atomic E-state index is 11.8. The largest absolute Gasteiger partial charge is 0.295 e. The third-order valence-electron chi connectivity index (χ3n) is 2.94. The monoisotopic (exact) mass is 296 g/mol. The van der Waals surface area contributed by atoms with Crippen molar-refractivity contribution in [3.63, 3.8) is 0 Å². The zero-order chi connectivity index (χ0) is 13.4. The predicted octanol–water partition coefficient (Wildman–Crippen LogP) is 1.64. The first kappa shape index (κ1) is 12.3. The van der Waals surface area contributed by atoms with Crippen LogP contribution < -0.4 is 5.32 Å². The van der Waals surface area contributed by atoms with Crippen LogP contribution in [0.25, 0.3) is 11.3 Å². The summed E-state index contributed by atoms with van der Waals surface area (Å²) in [4.78, 5) is 22.9. The molecule has 6 nitrogen and oxygen atoms in total. The minimum Gasteiger partial charge on any atom is -0.295 e. The number of carbonyl (C=O) groups excluding carboxylic acids is 2. The lowest BCUT2D eigenvalue weighted by Gasteiger charge is -2.20. The fourth-order valence-corrected chi connectivity index (χ4v) is 2.91. The van der Waals surface area contributed by atoms with Crippen LogP contribution in [0.1, 0.15) is 18.9 Å². The second-order valence-corrected chi connectivity index (χ2v) is 5.29. The molecule has 1 unspecified atom stereocenters. The van der Waals surface area contributed by atoms with Gasteiger partial charge in [0.05, 0.1) is 0 Å². The predicted molar refractivity (Wildman–Crippen MR) is 69.8 cm³/mol. The number of halogens is 1. The average Bonchev–Trinajstić information content (AvgIpc) is 2.99. The molecule has 2 amide bonds. The molecule has 0 aliphatic carbocycles. The van der Waals surface area contributed by atoms with E-state index in [2.05, 4.69) is 15.6 Å². The van der Waals surface area contributed by atoms with Gasteiger partial charge in [-0.25, -0.2) is 4.68 Å². The van der Waals surface area contributed by atoms with Gasteiger partial charge >= 0.3 is 0 Å². The second kappa shape index (κ2) is 4.75. The van der Waals surface area contributed by atoms with E-state index in [1.165, 1.54) is 16.0 Å². The maximum Gasteiger partial charge on any atom is 0.251 e. The third-order valence-corrected chi connectivity index (χ3v) is 3.97. The second-order valence-electron chi connectivity index (χ2n) is 4.15. The smallest absolute Gasteiger partial charge is 0.251 e. The molecule has 2 aromatic heterocycles. The van der Waals surface area contributed by atoms with Crippen molar-refractivity contribution in [3.05, 3.63) is 22.0 Å². The van der Waals surface area contributed by atoms with Gasteiger partial charge in [-0.05, 0) is 17.9 Å². The highest BCUT2D eigenvalue weighted by atomic mass is 35.5. The Balaban J connectivity index is 1.94. The van der Waals surface area contributed by atoms with Crippen molar-refractivity contribution >= 4 is 34.8 Å². The van der Waals surface area contributed by atoms with Gasteiger partial charge in [-0.3, -0.25) is 14.9 Å². The molecule has 0 spiro atoms. The number of hydrogen-bond acceptors (Lipinski definition) is 5. The lowest BCUT2D eigenvalue weighted by molar-refractivity contribution is -0.136. The average molecular weight is 297 g/mol. The highest BCUT2D eigenvalue weighted by molar-refractivity contribution is 7.08. The fraction of sp³-hybridized carbons (Fsp3) is 0.273. The first-order valence-electron chi connectivity index (χ1n) is 5.64. The highest BCUT2D eigenvalue weighted by Crippen LogP contribution is 2.30. The molecule has 8 heteroatoms. The lowest BCUT2D eigenvalue weighted by Crippen LogP contribution is -2.42. The van der Waals surface area contributed by atoms with Gasteiger partial charge in [0.25, 0.3) is 5.91 Å². The van der Waals surface area contributed by atoms with E-state index in [-0.39, 0.29) is 18.2 Å². The summed E-state index contributed by atoms with van der Waals surface area (Å²) in [7, 11) is 0. The number of thiophene rings is 1. The van der Waals surface area contributed by atoms with Crippen molar-refractivity contribution in [2.24, 2.45) is 0 Å². The Labute approximate surface area is 117 Å². The van der Waals surface area contributed by atoms with E-state index in [0.717, 1.165) is 5.56 Å². The Morgan fingerprint density at radius 2 is 2.32 bits per heavy atom. The van der Waals surface area contributed by atoms with E-state index in [9.17, 15) is 9.59 Å². The van der Waals surface area contributed by atoms with Crippen molar-refractivity contribution in [2.45, 2.75) is 18.9 Å². The highest BCUT2D eigenvalue weighted by Gasteiger charge is 2.31. The van der Waals surface area contributed by atoms with E-state index in [1.54, 1.807) is 0 Å².